The molecule has 0 aliphatic rings. The highest BCUT2D eigenvalue weighted by Crippen LogP contribution is 2.18. The fourth-order valence-corrected chi connectivity index (χ4v) is 0.870. The zero-order valence-electron chi connectivity index (χ0n) is 8.60. The van der Waals surface area contributed by atoms with E-state index in [2.05, 4.69) is 16.4 Å². The maximum absolute atomic E-state index is 11.0. The lowest BCUT2D eigenvalue weighted by atomic mass is 10.2. The van der Waals surface area contributed by atoms with Crippen molar-refractivity contribution < 1.29 is 24.5 Å². The van der Waals surface area contributed by atoms with Gasteiger partial charge >= 0.3 is 11.9 Å². The molecule has 5 heteroatoms. The van der Waals surface area contributed by atoms with Crippen molar-refractivity contribution in [1.29, 1.82) is 0 Å². The lowest BCUT2D eigenvalue weighted by molar-refractivity contribution is -0.208. The van der Waals surface area contributed by atoms with Gasteiger partial charge in [0.05, 0.1) is 0 Å². The van der Waals surface area contributed by atoms with Crippen molar-refractivity contribution in [1.82, 2.24) is 0 Å². The predicted octanol–water partition coefficient (Wildman–Crippen LogP) is 1.80. The van der Waals surface area contributed by atoms with Gasteiger partial charge in [0.25, 0.3) is 0 Å². The van der Waals surface area contributed by atoms with Gasteiger partial charge in [-0.2, -0.15) is 0 Å². The molecule has 0 aliphatic heterocycles. The van der Waals surface area contributed by atoms with E-state index in [1.165, 1.54) is 25.1 Å². The summed E-state index contributed by atoms with van der Waals surface area (Å²) in [5, 5.41) is 8.80. The third-order valence-electron chi connectivity index (χ3n) is 1.67. The van der Waals surface area contributed by atoms with E-state index in [4.69, 9.17) is 5.11 Å². The highest BCUT2D eigenvalue weighted by Gasteiger charge is 2.13. The lowest BCUT2D eigenvalue weighted by Crippen LogP contribution is -2.10. The van der Waals surface area contributed by atoms with Gasteiger partial charge in [-0.05, 0) is 19.1 Å². The van der Waals surface area contributed by atoms with Gasteiger partial charge in [0.2, 0.25) is 0 Å². The minimum atomic E-state index is -1.16. The Kier molecular flexibility index (Phi) is 3.66. The molecule has 5 nitrogen and oxygen atoms in total. The van der Waals surface area contributed by atoms with Gasteiger partial charge in [-0.3, -0.25) is 4.89 Å². The molecule has 84 valence electrons. The van der Waals surface area contributed by atoms with Crippen LogP contribution in [0.15, 0.2) is 36.4 Å². The summed E-state index contributed by atoms with van der Waals surface area (Å²) in [4.78, 5) is 30.8. The fraction of sp³-hybridized carbons (Fsp3) is 0.0909. The zero-order valence-corrected chi connectivity index (χ0v) is 8.60. The van der Waals surface area contributed by atoms with Gasteiger partial charge in [0.15, 0.2) is 5.75 Å². The summed E-state index contributed by atoms with van der Waals surface area (Å²) in [5.74, 6) is -1.95. The fourth-order valence-electron chi connectivity index (χ4n) is 0.870. The Bertz CT molecular complexity index is 436. The first-order valence-corrected chi connectivity index (χ1v) is 4.39. The van der Waals surface area contributed by atoms with Crippen molar-refractivity contribution in [3.8, 4) is 5.75 Å². The van der Waals surface area contributed by atoms with Crippen LogP contribution in [0.2, 0.25) is 0 Å². The second kappa shape index (κ2) is 4.97. The second-order valence-corrected chi connectivity index (χ2v) is 3.04. The number of benzene rings is 1. The van der Waals surface area contributed by atoms with Gasteiger partial charge in [0.1, 0.15) is 5.56 Å². The summed E-state index contributed by atoms with van der Waals surface area (Å²) in [6.45, 7) is 4.81. The molecule has 1 rings (SSSR count). The molecule has 0 spiro atoms. The topological polar surface area (TPSA) is 72.8 Å². The van der Waals surface area contributed by atoms with E-state index < -0.39 is 11.9 Å². The smallest absolute Gasteiger partial charge is 0.381 e. The SMILES string of the molecule is C=C(C)C(=O)OOc1ccccc1C(=O)O. The molecule has 0 atom stereocenters. The van der Waals surface area contributed by atoms with Crippen molar-refractivity contribution in [2.75, 3.05) is 0 Å². The molecule has 1 aromatic carbocycles. The largest absolute Gasteiger partial charge is 0.478 e. The first-order valence-electron chi connectivity index (χ1n) is 4.39. The number of hydrogen-bond donors (Lipinski definition) is 1. The number of carboxylic acid groups (broad SMARTS) is 1. The number of carbonyl (C=O) groups is 2. The molecule has 0 unspecified atom stereocenters. The van der Waals surface area contributed by atoms with Crippen LogP contribution in [0.4, 0.5) is 0 Å². The van der Waals surface area contributed by atoms with Crippen molar-refractivity contribution in [3.63, 3.8) is 0 Å². The van der Waals surface area contributed by atoms with Gasteiger partial charge < -0.3 is 5.11 Å². The maximum atomic E-state index is 11.0. The first-order chi connectivity index (χ1) is 7.52. The third kappa shape index (κ3) is 2.84. The molecule has 16 heavy (non-hydrogen) atoms. The molecule has 1 aromatic rings. The minimum absolute atomic E-state index is 0.0374. The van der Waals surface area contributed by atoms with Crippen LogP contribution in [0.1, 0.15) is 17.3 Å². The van der Waals surface area contributed by atoms with E-state index >= 15 is 0 Å². The van der Waals surface area contributed by atoms with Crippen LogP contribution in [0.5, 0.6) is 5.75 Å². The standard InChI is InChI=1S/C11H10O5/c1-7(2)11(14)16-15-9-6-4-3-5-8(9)10(12)13/h3-6H,1H2,2H3,(H,12,13). The Morgan fingerprint density at radius 2 is 1.94 bits per heavy atom. The monoisotopic (exact) mass is 222 g/mol. The summed E-state index contributed by atoms with van der Waals surface area (Å²) in [5.41, 5.74) is 0.0739. The third-order valence-corrected chi connectivity index (χ3v) is 1.67. The molecular formula is C11H10O5. The average Bonchev–Trinajstić information content (AvgIpc) is 2.25. The molecule has 0 amide bonds. The molecule has 0 saturated carbocycles. The molecule has 0 aromatic heterocycles. The van der Waals surface area contributed by atoms with E-state index in [0.29, 0.717) is 0 Å². The van der Waals surface area contributed by atoms with Crippen molar-refractivity contribution in [2.45, 2.75) is 6.92 Å². The van der Waals surface area contributed by atoms with Gasteiger partial charge in [-0.15, -0.1) is 0 Å². The average molecular weight is 222 g/mol. The second-order valence-electron chi connectivity index (χ2n) is 3.04. The summed E-state index contributed by atoms with van der Waals surface area (Å²) in [6.07, 6.45) is 0. The van der Waals surface area contributed by atoms with E-state index in [0.717, 1.165) is 0 Å². The Morgan fingerprint density at radius 1 is 1.31 bits per heavy atom. The van der Waals surface area contributed by atoms with Gasteiger partial charge in [0, 0.05) is 5.57 Å². The van der Waals surface area contributed by atoms with E-state index in [1.807, 2.05) is 0 Å². The van der Waals surface area contributed by atoms with Crippen molar-refractivity contribution in [2.24, 2.45) is 0 Å². The Labute approximate surface area is 91.8 Å². The number of hydrogen-bond acceptors (Lipinski definition) is 4. The number of carbonyl (C=O) groups excluding carboxylic acids is 1. The lowest BCUT2D eigenvalue weighted by Gasteiger charge is -2.06. The van der Waals surface area contributed by atoms with Gasteiger partial charge in [-0.25, -0.2) is 14.5 Å². The molecular weight excluding hydrogens is 212 g/mol. The van der Waals surface area contributed by atoms with E-state index in [1.54, 1.807) is 6.07 Å². The predicted molar refractivity (Wildman–Crippen MR) is 54.9 cm³/mol. The number of rotatable bonds is 4. The molecule has 1 N–H and O–H groups in total. The maximum Gasteiger partial charge on any atom is 0.381 e. The highest BCUT2D eigenvalue weighted by atomic mass is 17.2. The van der Waals surface area contributed by atoms with Crippen LogP contribution in [0.25, 0.3) is 0 Å². The minimum Gasteiger partial charge on any atom is -0.478 e. The van der Waals surface area contributed by atoms with E-state index in [-0.39, 0.29) is 16.9 Å². The summed E-state index contributed by atoms with van der Waals surface area (Å²) >= 11 is 0. The number of para-hydroxylation sites is 1. The van der Waals surface area contributed by atoms with E-state index in [9.17, 15) is 9.59 Å². The first kappa shape index (κ1) is 11.8. The van der Waals surface area contributed by atoms with Crippen molar-refractivity contribution >= 4 is 11.9 Å². The molecule has 0 radical (unpaired) electrons. The van der Waals surface area contributed by atoms with Crippen LogP contribution in [-0.2, 0) is 9.68 Å². The number of carboxylic acids is 1. The van der Waals surface area contributed by atoms with Crippen LogP contribution in [0.3, 0.4) is 0 Å². The summed E-state index contributed by atoms with van der Waals surface area (Å²) in [6, 6.07) is 5.83. The molecule has 0 fully saturated rings. The summed E-state index contributed by atoms with van der Waals surface area (Å²) < 4.78 is 0. The Hall–Kier alpha value is -2.30. The Morgan fingerprint density at radius 3 is 2.50 bits per heavy atom. The molecule has 0 saturated heterocycles. The highest BCUT2D eigenvalue weighted by molar-refractivity contribution is 5.91. The van der Waals surface area contributed by atoms with Crippen LogP contribution < -0.4 is 4.89 Å². The normalized spacial score (nSPS) is 9.31. The van der Waals surface area contributed by atoms with Crippen molar-refractivity contribution in [3.05, 3.63) is 42.0 Å². The van der Waals surface area contributed by atoms with Gasteiger partial charge in [-0.1, -0.05) is 18.7 Å². The number of aromatic carboxylic acids is 1. The molecule has 0 heterocycles. The molecule has 0 bridgehead atoms. The Balaban J connectivity index is 2.78. The van der Waals surface area contributed by atoms with Crippen LogP contribution in [0, 0.1) is 0 Å². The molecule has 0 aliphatic carbocycles. The van der Waals surface area contributed by atoms with Crippen LogP contribution >= 0.6 is 0 Å². The zero-order chi connectivity index (χ0) is 12.1. The summed E-state index contributed by atoms with van der Waals surface area (Å²) in [7, 11) is 0. The van der Waals surface area contributed by atoms with Crippen LogP contribution in [-0.4, -0.2) is 17.0 Å². The quantitative estimate of drug-likeness (QED) is 0.477.